The highest BCUT2D eigenvalue weighted by Crippen LogP contribution is 2.32. The van der Waals surface area contributed by atoms with E-state index in [2.05, 4.69) is 38.6 Å². The Morgan fingerprint density at radius 2 is 1.76 bits per heavy atom. The molecule has 0 amide bonds. The fourth-order valence-corrected chi connectivity index (χ4v) is 5.28. The van der Waals surface area contributed by atoms with Crippen molar-refractivity contribution in [1.82, 2.24) is 14.5 Å². The number of halogens is 1. The van der Waals surface area contributed by atoms with Crippen LogP contribution >= 0.6 is 0 Å². The zero-order chi connectivity index (χ0) is 23.9. The molecule has 1 aliphatic rings. The minimum absolute atomic E-state index is 0.0148. The molecule has 6 nitrogen and oxygen atoms in total. The quantitative estimate of drug-likeness (QED) is 0.402. The van der Waals surface area contributed by atoms with Crippen molar-refractivity contribution in [2.75, 3.05) is 24.2 Å². The molecule has 3 heterocycles. The van der Waals surface area contributed by atoms with Crippen LogP contribution in [-0.4, -0.2) is 42.3 Å². The molecule has 176 valence electrons. The molecule has 1 aliphatic heterocycles. The van der Waals surface area contributed by atoms with Gasteiger partial charge in [0.15, 0.2) is 9.84 Å². The zero-order valence-electron chi connectivity index (χ0n) is 19.3. The molecule has 0 bridgehead atoms. The van der Waals surface area contributed by atoms with Crippen molar-refractivity contribution in [1.29, 1.82) is 0 Å². The minimum Gasteiger partial charge on any atom is -0.344 e. The van der Waals surface area contributed by atoms with Gasteiger partial charge in [0.05, 0.1) is 4.90 Å². The second kappa shape index (κ2) is 8.83. The largest absolute Gasteiger partial charge is 0.344 e. The van der Waals surface area contributed by atoms with Crippen molar-refractivity contribution in [2.45, 2.75) is 37.1 Å². The zero-order valence-corrected chi connectivity index (χ0v) is 20.1. The van der Waals surface area contributed by atoms with E-state index in [-0.39, 0.29) is 4.90 Å². The van der Waals surface area contributed by atoms with Crippen molar-refractivity contribution in [2.24, 2.45) is 0 Å². The third-order valence-corrected chi connectivity index (χ3v) is 7.75. The summed E-state index contributed by atoms with van der Waals surface area (Å²) in [4.78, 5) is 11.3. The average molecular weight is 479 g/mol. The fourth-order valence-electron chi connectivity index (χ4n) is 4.65. The van der Waals surface area contributed by atoms with E-state index < -0.39 is 15.7 Å². The van der Waals surface area contributed by atoms with Gasteiger partial charge in [0, 0.05) is 60.4 Å². The molecule has 0 saturated carbocycles. The predicted molar refractivity (Wildman–Crippen MR) is 132 cm³/mol. The van der Waals surface area contributed by atoms with Gasteiger partial charge in [0.1, 0.15) is 5.82 Å². The number of aryl methyl sites for hydroxylation is 1. The number of benzene rings is 2. The Morgan fingerprint density at radius 3 is 2.41 bits per heavy atom. The number of rotatable bonds is 5. The van der Waals surface area contributed by atoms with Crippen LogP contribution in [0.3, 0.4) is 0 Å². The van der Waals surface area contributed by atoms with Crippen molar-refractivity contribution in [3.63, 3.8) is 0 Å². The first-order chi connectivity index (χ1) is 16.3. The number of piperidine rings is 1. The topological polar surface area (TPSA) is 68.1 Å². The lowest BCUT2D eigenvalue weighted by molar-refractivity contribution is 0.402. The summed E-state index contributed by atoms with van der Waals surface area (Å²) in [5.74, 6) is 0.254. The van der Waals surface area contributed by atoms with Gasteiger partial charge in [0.25, 0.3) is 0 Å². The van der Waals surface area contributed by atoms with Crippen LogP contribution in [0.5, 0.6) is 0 Å². The third-order valence-electron chi connectivity index (χ3n) is 6.64. The number of aromatic nitrogens is 3. The summed E-state index contributed by atoms with van der Waals surface area (Å²) in [6.07, 6.45) is 9.91. The number of nitrogens with zero attached hydrogens (tertiary/aromatic N) is 4. The van der Waals surface area contributed by atoms with E-state index >= 15 is 0 Å². The van der Waals surface area contributed by atoms with Crippen LogP contribution in [0.25, 0.3) is 22.0 Å². The Morgan fingerprint density at radius 1 is 1.03 bits per heavy atom. The standard InChI is InChI=1S/C26H27FN4O2S/c1-3-18-16-28-26(29-17-18)30-11-9-21(10-12-30)31-13-8-20-14-19(4-7-25(20)31)23-6-5-22(15-24(23)27)34(2,32)33/h4-8,13-17,21H,3,9-12H2,1-2H3. The molecule has 0 radical (unpaired) electrons. The van der Waals surface area contributed by atoms with Gasteiger partial charge in [-0.05, 0) is 60.7 Å². The first-order valence-electron chi connectivity index (χ1n) is 11.5. The molecule has 0 aliphatic carbocycles. The number of hydrogen-bond acceptors (Lipinski definition) is 5. The van der Waals surface area contributed by atoms with Gasteiger partial charge < -0.3 is 9.47 Å². The lowest BCUT2D eigenvalue weighted by Crippen LogP contribution is -2.35. The van der Waals surface area contributed by atoms with Gasteiger partial charge in [-0.1, -0.05) is 19.1 Å². The Kier molecular flexibility index (Phi) is 5.85. The summed E-state index contributed by atoms with van der Waals surface area (Å²) in [5.41, 5.74) is 3.37. The van der Waals surface area contributed by atoms with E-state index in [0.717, 1.165) is 72.7 Å². The smallest absolute Gasteiger partial charge is 0.225 e. The van der Waals surface area contributed by atoms with E-state index in [1.165, 1.54) is 12.1 Å². The molecule has 0 atom stereocenters. The number of hydrogen-bond donors (Lipinski definition) is 0. The number of anilines is 1. The van der Waals surface area contributed by atoms with Crippen molar-refractivity contribution < 1.29 is 12.8 Å². The molecule has 0 N–H and O–H groups in total. The highest BCUT2D eigenvalue weighted by Gasteiger charge is 2.23. The second-order valence-electron chi connectivity index (χ2n) is 8.87. The van der Waals surface area contributed by atoms with Gasteiger partial charge >= 0.3 is 0 Å². The van der Waals surface area contributed by atoms with E-state index in [1.807, 2.05) is 30.6 Å². The maximum Gasteiger partial charge on any atom is 0.225 e. The second-order valence-corrected chi connectivity index (χ2v) is 10.9. The summed E-state index contributed by atoms with van der Waals surface area (Å²) >= 11 is 0. The maximum absolute atomic E-state index is 14.7. The third kappa shape index (κ3) is 4.30. The molecular weight excluding hydrogens is 451 g/mol. The normalized spacial score (nSPS) is 15.2. The van der Waals surface area contributed by atoms with Gasteiger partial charge in [-0.2, -0.15) is 0 Å². The van der Waals surface area contributed by atoms with Gasteiger partial charge in [-0.15, -0.1) is 0 Å². The van der Waals surface area contributed by atoms with Crippen molar-refractivity contribution >= 4 is 26.7 Å². The van der Waals surface area contributed by atoms with Crippen LogP contribution in [0.4, 0.5) is 10.3 Å². The van der Waals surface area contributed by atoms with Crippen LogP contribution < -0.4 is 4.90 Å². The van der Waals surface area contributed by atoms with Crippen molar-refractivity contribution in [3.05, 3.63) is 72.4 Å². The minimum atomic E-state index is -3.45. The van der Waals surface area contributed by atoms with Crippen LogP contribution in [0, 0.1) is 5.82 Å². The van der Waals surface area contributed by atoms with E-state index in [4.69, 9.17) is 0 Å². The monoisotopic (exact) mass is 478 g/mol. The molecule has 1 fully saturated rings. The summed E-state index contributed by atoms with van der Waals surface area (Å²) < 4.78 is 40.4. The highest BCUT2D eigenvalue weighted by molar-refractivity contribution is 7.90. The first-order valence-corrected chi connectivity index (χ1v) is 13.4. The summed E-state index contributed by atoms with van der Waals surface area (Å²) in [7, 11) is -3.45. The fraction of sp³-hybridized carbons (Fsp3) is 0.308. The van der Waals surface area contributed by atoms with Gasteiger partial charge in [0.2, 0.25) is 5.95 Å². The molecule has 4 aromatic rings. The van der Waals surface area contributed by atoms with Gasteiger partial charge in [-0.3, -0.25) is 0 Å². The lowest BCUT2D eigenvalue weighted by Gasteiger charge is -2.33. The number of sulfone groups is 1. The van der Waals surface area contributed by atoms with E-state index in [1.54, 1.807) is 0 Å². The van der Waals surface area contributed by atoms with E-state index in [0.29, 0.717) is 11.6 Å². The maximum atomic E-state index is 14.7. The molecule has 2 aromatic carbocycles. The van der Waals surface area contributed by atoms with Gasteiger partial charge in [-0.25, -0.2) is 22.8 Å². The molecule has 0 unspecified atom stereocenters. The Labute approximate surface area is 199 Å². The lowest BCUT2D eigenvalue weighted by atomic mass is 10.0. The Hall–Kier alpha value is -3.26. The molecule has 0 spiro atoms. The predicted octanol–water partition coefficient (Wildman–Crippen LogP) is 5.04. The molecular formula is C26H27FN4O2S. The molecule has 1 saturated heterocycles. The van der Waals surface area contributed by atoms with Crippen LogP contribution in [0.2, 0.25) is 0 Å². The molecule has 8 heteroatoms. The summed E-state index contributed by atoms with van der Waals surface area (Å²) in [6.45, 7) is 3.89. The van der Waals surface area contributed by atoms with Crippen LogP contribution in [0.1, 0.15) is 31.4 Å². The Balaban J connectivity index is 1.34. The SMILES string of the molecule is CCc1cnc(N2CCC(n3ccc4cc(-c5ccc(S(C)(=O)=O)cc5F)ccc43)CC2)nc1. The highest BCUT2D eigenvalue weighted by atomic mass is 32.2. The van der Waals surface area contributed by atoms with Crippen LogP contribution in [-0.2, 0) is 16.3 Å². The first kappa shape index (κ1) is 22.5. The van der Waals surface area contributed by atoms with Crippen molar-refractivity contribution in [3.8, 4) is 11.1 Å². The summed E-state index contributed by atoms with van der Waals surface area (Å²) in [5, 5.41) is 1.03. The molecule has 2 aromatic heterocycles. The average Bonchev–Trinajstić information content (AvgIpc) is 3.27. The number of fused-ring (bicyclic) bond motifs is 1. The Bertz CT molecular complexity index is 1440. The molecule has 34 heavy (non-hydrogen) atoms. The molecule has 5 rings (SSSR count). The van der Waals surface area contributed by atoms with Crippen LogP contribution in [0.15, 0.2) is 66.0 Å². The van der Waals surface area contributed by atoms with E-state index in [9.17, 15) is 12.8 Å². The summed E-state index contributed by atoms with van der Waals surface area (Å²) in [6, 6.07) is 12.4.